The van der Waals surface area contributed by atoms with Crippen molar-refractivity contribution in [3.05, 3.63) is 0 Å². The fourth-order valence-electron chi connectivity index (χ4n) is 1.53. The summed E-state index contributed by atoms with van der Waals surface area (Å²) in [6.45, 7) is 10.5. The van der Waals surface area contributed by atoms with Crippen molar-refractivity contribution >= 4 is 12.0 Å². The first kappa shape index (κ1) is 18.2. The summed E-state index contributed by atoms with van der Waals surface area (Å²) in [4.78, 5) is 25.1. The zero-order valence-electron chi connectivity index (χ0n) is 13.1. The van der Waals surface area contributed by atoms with Gasteiger partial charge in [-0.1, -0.05) is 0 Å². The van der Waals surface area contributed by atoms with Gasteiger partial charge in [0.25, 0.3) is 0 Å². The lowest BCUT2D eigenvalue weighted by Gasteiger charge is -2.40. The quantitative estimate of drug-likeness (QED) is 0.781. The molecule has 0 saturated heterocycles. The van der Waals surface area contributed by atoms with Crippen LogP contribution in [0.3, 0.4) is 0 Å². The van der Waals surface area contributed by atoms with Gasteiger partial charge < -0.3 is 15.3 Å². The summed E-state index contributed by atoms with van der Waals surface area (Å²) in [5.74, 6) is -0.976. The Hall–Kier alpha value is -1.77. The summed E-state index contributed by atoms with van der Waals surface area (Å²) < 4.78 is 0. The number of rotatable bonds is 6. The Morgan fingerprint density at radius 1 is 1.30 bits per heavy atom. The number of hydrogen-bond donors (Lipinski definition) is 2. The van der Waals surface area contributed by atoms with Crippen LogP contribution in [0.2, 0.25) is 0 Å². The molecule has 0 aliphatic heterocycles. The molecule has 0 aromatic carbocycles. The molecule has 20 heavy (non-hydrogen) atoms. The number of nitrogens with zero attached hydrogens (tertiary/aromatic N) is 2. The fraction of sp³-hybridized carbons (Fsp3) is 0.786. The number of nitrogens with one attached hydrogen (secondary N) is 1. The third kappa shape index (κ3) is 4.12. The molecule has 0 spiro atoms. The smallest absolute Gasteiger partial charge is 0.318 e. The van der Waals surface area contributed by atoms with E-state index < -0.39 is 16.9 Å². The standard InChI is InChI=1S/C14H25N3O3/c1-10(2)17(9-7-8-15)12(20)16-14(5,6)13(3,4)11(18)19/h10H,7,9H2,1-6H3,(H,16,20)(H,18,19). The summed E-state index contributed by atoms with van der Waals surface area (Å²) in [5, 5.41) is 20.7. The molecular weight excluding hydrogens is 258 g/mol. The molecule has 0 radical (unpaired) electrons. The maximum absolute atomic E-state index is 12.3. The molecular formula is C14H25N3O3. The molecule has 6 nitrogen and oxygen atoms in total. The molecule has 6 heteroatoms. The Morgan fingerprint density at radius 3 is 2.15 bits per heavy atom. The topological polar surface area (TPSA) is 93.4 Å². The van der Waals surface area contributed by atoms with Crippen LogP contribution in [0.15, 0.2) is 0 Å². The summed E-state index contributed by atoms with van der Waals surface area (Å²) in [6, 6.07) is 1.59. The molecule has 114 valence electrons. The largest absolute Gasteiger partial charge is 0.481 e. The molecule has 0 rings (SSSR count). The van der Waals surface area contributed by atoms with E-state index in [1.807, 2.05) is 19.9 Å². The van der Waals surface area contributed by atoms with Gasteiger partial charge in [0.2, 0.25) is 0 Å². The van der Waals surface area contributed by atoms with Gasteiger partial charge in [0, 0.05) is 12.6 Å². The SMILES string of the molecule is CC(C)N(CCC#N)C(=O)NC(C)(C)C(C)(C)C(=O)O. The van der Waals surface area contributed by atoms with Crippen LogP contribution in [0.4, 0.5) is 4.79 Å². The number of urea groups is 1. The highest BCUT2D eigenvalue weighted by Gasteiger charge is 2.45. The average molecular weight is 283 g/mol. The van der Waals surface area contributed by atoms with E-state index in [9.17, 15) is 14.7 Å². The maximum Gasteiger partial charge on any atom is 0.318 e. The lowest BCUT2D eigenvalue weighted by atomic mass is 9.74. The number of hydrogen-bond acceptors (Lipinski definition) is 3. The molecule has 0 aliphatic rings. The van der Waals surface area contributed by atoms with Crippen molar-refractivity contribution in [1.29, 1.82) is 5.26 Å². The Bertz CT molecular complexity index is 408. The van der Waals surface area contributed by atoms with E-state index in [4.69, 9.17) is 5.26 Å². The summed E-state index contributed by atoms with van der Waals surface area (Å²) >= 11 is 0. The first-order valence-electron chi connectivity index (χ1n) is 6.66. The molecule has 2 N–H and O–H groups in total. The van der Waals surface area contributed by atoms with E-state index in [0.717, 1.165) is 0 Å². The van der Waals surface area contributed by atoms with Crippen molar-refractivity contribution in [3.8, 4) is 6.07 Å². The van der Waals surface area contributed by atoms with Crippen molar-refractivity contribution in [1.82, 2.24) is 10.2 Å². The van der Waals surface area contributed by atoms with Crippen molar-refractivity contribution in [2.45, 2.75) is 59.5 Å². The highest BCUT2D eigenvalue weighted by molar-refractivity contribution is 5.79. The Labute approximate surface area is 120 Å². The van der Waals surface area contributed by atoms with E-state index in [1.165, 1.54) is 4.90 Å². The normalized spacial score (nSPS) is 11.9. The number of carbonyl (C=O) groups is 2. The average Bonchev–Trinajstić information content (AvgIpc) is 2.27. The van der Waals surface area contributed by atoms with Gasteiger partial charge in [0.05, 0.1) is 23.4 Å². The molecule has 0 aromatic heterocycles. The lowest BCUT2D eigenvalue weighted by molar-refractivity contribution is -0.150. The Morgan fingerprint density at radius 2 is 1.80 bits per heavy atom. The highest BCUT2D eigenvalue weighted by Crippen LogP contribution is 2.30. The number of nitriles is 1. The highest BCUT2D eigenvalue weighted by atomic mass is 16.4. The van der Waals surface area contributed by atoms with Gasteiger partial charge in [0.15, 0.2) is 0 Å². The molecule has 0 atom stereocenters. The third-order valence-electron chi connectivity index (χ3n) is 3.87. The van der Waals surface area contributed by atoms with Crippen LogP contribution >= 0.6 is 0 Å². The molecule has 0 fully saturated rings. The van der Waals surface area contributed by atoms with Gasteiger partial charge in [-0.05, 0) is 41.5 Å². The van der Waals surface area contributed by atoms with E-state index in [1.54, 1.807) is 27.7 Å². The van der Waals surface area contributed by atoms with E-state index >= 15 is 0 Å². The van der Waals surface area contributed by atoms with Gasteiger partial charge >= 0.3 is 12.0 Å². The number of aliphatic carboxylic acids is 1. The molecule has 0 heterocycles. The van der Waals surface area contributed by atoms with Crippen LogP contribution in [0.5, 0.6) is 0 Å². The Balaban J connectivity index is 5.04. The first-order valence-corrected chi connectivity index (χ1v) is 6.66. The fourth-order valence-corrected chi connectivity index (χ4v) is 1.53. The Kier molecular flexibility index (Phi) is 6.01. The van der Waals surface area contributed by atoms with Crippen LogP contribution < -0.4 is 5.32 Å². The zero-order chi connectivity index (χ0) is 16.1. The van der Waals surface area contributed by atoms with Gasteiger partial charge in [-0.3, -0.25) is 4.79 Å². The minimum Gasteiger partial charge on any atom is -0.481 e. The van der Waals surface area contributed by atoms with E-state index in [0.29, 0.717) is 6.54 Å². The molecule has 0 saturated carbocycles. The van der Waals surface area contributed by atoms with Crippen LogP contribution in [0.1, 0.15) is 48.0 Å². The second-order valence-electron chi connectivity index (χ2n) is 6.18. The first-order chi connectivity index (χ1) is 8.97. The number of carbonyl (C=O) groups excluding carboxylic acids is 1. The van der Waals surface area contributed by atoms with Crippen LogP contribution in [0.25, 0.3) is 0 Å². The van der Waals surface area contributed by atoms with E-state index in [2.05, 4.69) is 5.32 Å². The molecule has 2 amide bonds. The summed E-state index contributed by atoms with van der Waals surface area (Å²) in [6.07, 6.45) is 0.244. The molecule has 0 unspecified atom stereocenters. The minimum absolute atomic E-state index is 0.0629. The van der Waals surface area contributed by atoms with Gasteiger partial charge in [0.1, 0.15) is 0 Å². The number of carboxylic acids is 1. The van der Waals surface area contributed by atoms with Crippen LogP contribution in [0, 0.1) is 16.7 Å². The maximum atomic E-state index is 12.3. The summed E-state index contributed by atoms with van der Waals surface area (Å²) in [5.41, 5.74) is -2.03. The van der Waals surface area contributed by atoms with Gasteiger partial charge in [-0.15, -0.1) is 0 Å². The van der Waals surface area contributed by atoms with Gasteiger partial charge in [-0.25, -0.2) is 4.79 Å². The second-order valence-corrected chi connectivity index (χ2v) is 6.18. The van der Waals surface area contributed by atoms with Crippen molar-refractivity contribution in [2.24, 2.45) is 5.41 Å². The molecule has 0 aliphatic carbocycles. The second kappa shape index (κ2) is 6.60. The minimum atomic E-state index is -1.11. The monoisotopic (exact) mass is 283 g/mol. The van der Waals surface area contributed by atoms with Crippen molar-refractivity contribution in [2.75, 3.05) is 6.54 Å². The molecule has 0 aromatic rings. The summed E-state index contributed by atoms with van der Waals surface area (Å²) in [7, 11) is 0. The van der Waals surface area contributed by atoms with Crippen molar-refractivity contribution in [3.63, 3.8) is 0 Å². The number of carboxylic acid groups (broad SMARTS) is 1. The van der Waals surface area contributed by atoms with Gasteiger partial charge in [-0.2, -0.15) is 5.26 Å². The number of amides is 2. The zero-order valence-corrected chi connectivity index (χ0v) is 13.1. The third-order valence-corrected chi connectivity index (χ3v) is 3.87. The van der Waals surface area contributed by atoms with Crippen LogP contribution in [-0.2, 0) is 4.79 Å². The van der Waals surface area contributed by atoms with Crippen LogP contribution in [-0.4, -0.2) is 40.1 Å². The van der Waals surface area contributed by atoms with Crippen molar-refractivity contribution < 1.29 is 14.7 Å². The molecule has 0 bridgehead atoms. The van der Waals surface area contributed by atoms with E-state index in [-0.39, 0.29) is 18.5 Å². The lowest BCUT2D eigenvalue weighted by Crippen LogP contribution is -2.60. The predicted octanol–water partition coefficient (Wildman–Crippen LogP) is 2.21. The predicted molar refractivity (Wildman–Crippen MR) is 76.1 cm³/mol.